The molecule has 1 aliphatic carbocycles. The number of carboxylic acids is 1. The van der Waals surface area contributed by atoms with Crippen LogP contribution in [0.3, 0.4) is 0 Å². The molecule has 3 atom stereocenters. The van der Waals surface area contributed by atoms with Crippen LogP contribution < -0.4 is 0 Å². The summed E-state index contributed by atoms with van der Waals surface area (Å²) in [5, 5.41) is 9.51. The normalized spacial score (nSPS) is 30.7. The first kappa shape index (κ1) is 13.6. The molecule has 0 amide bonds. The number of hydrogen-bond donors (Lipinski definition) is 1. The lowest BCUT2D eigenvalue weighted by atomic mass is 9.76. The van der Waals surface area contributed by atoms with Crippen molar-refractivity contribution >= 4 is 5.97 Å². The summed E-state index contributed by atoms with van der Waals surface area (Å²) in [5.74, 6) is 0.00742. The number of hydrogen-bond acceptors (Lipinski definition) is 3. The Hall–Kier alpha value is -1.42. The molecule has 4 heteroatoms. The summed E-state index contributed by atoms with van der Waals surface area (Å²) in [6.07, 6.45) is 8.57. The molecule has 3 rings (SSSR count). The van der Waals surface area contributed by atoms with Crippen LogP contribution in [0.15, 0.2) is 24.4 Å². The van der Waals surface area contributed by atoms with Crippen molar-refractivity contribution in [2.45, 2.75) is 57.2 Å². The quantitative estimate of drug-likeness (QED) is 0.920. The van der Waals surface area contributed by atoms with E-state index in [2.05, 4.69) is 9.88 Å². The molecule has 2 aliphatic rings. The number of rotatable bonds is 3. The van der Waals surface area contributed by atoms with Gasteiger partial charge in [-0.2, -0.15) is 0 Å². The average molecular weight is 274 g/mol. The molecule has 4 nitrogen and oxygen atoms in total. The fraction of sp³-hybridized carbons (Fsp3) is 0.625. The molecule has 1 aromatic rings. The van der Waals surface area contributed by atoms with Crippen LogP contribution in [-0.2, 0) is 11.3 Å². The van der Waals surface area contributed by atoms with E-state index in [0.29, 0.717) is 18.5 Å². The Bertz CT molecular complexity index is 463. The summed E-state index contributed by atoms with van der Waals surface area (Å²) < 4.78 is 0. The minimum atomic E-state index is -0.676. The van der Waals surface area contributed by atoms with Gasteiger partial charge in [-0.15, -0.1) is 0 Å². The van der Waals surface area contributed by atoms with Gasteiger partial charge in [-0.25, -0.2) is 0 Å². The van der Waals surface area contributed by atoms with Gasteiger partial charge in [0, 0.05) is 18.8 Å². The number of aliphatic carboxylic acids is 1. The maximum atomic E-state index is 11.6. The zero-order chi connectivity index (χ0) is 13.9. The maximum Gasteiger partial charge on any atom is 0.320 e. The summed E-state index contributed by atoms with van der Waals surface area (Å²) in [6.45, 7) is 0.666. The van der Waals surface area contributed by atoms with E-state index in [0.717, 1.165) is 25.0 Å². The summed E-state index contributed by atoms with van der Waals surface area (Å²) in [4.78, 5) is 18.1. The van der Waals surface area contributed by atoms with Crippen molar-refractivity contribution in [2.75, 3.05) is 0 Å². The highest BCUT2D eigenvalue weighted by Gasteiger charge is 2.41. The Morgan fingerprint density at radius 2 is 2.10 bits per heavy atom. The average Bonchev–Trinajstić information content (AvgIpc) is 2.48. The first-order chi connectivity index (χ1) is 9.75. The third kappa shape index (κ3) is 2.70. The third-order valence-corrected chi connectivity index (χ3v) is 4.86. The number of carboxylic acid groups (broad SMARTS) is 1. The zero-order valence-corrected chi connectivity index (χ0v) is 11.7. The first-order valence-corrected chi connectivity index (χ1v) is 7.64. The van der Waals surface area contributed by atoms with Gasteiger partial charge in [0.1, 0.15) is 6.04 Å². The molecule has 1 saturated carbocycles. The number of nitrogens with zero attached hydrogens (tertiary/aromatic N) is 2. The smallest absolute Gasteiger partial charge is 0.320 e. The monoisotopic (exact) mass is 274 g/mol. The van der Waals surface area contributed by atoms with Crippen molar-refractivity contribution in [3.63, 3.8) is 0 Å². The predicted molar refractivity (Wildman–Crippen MR) is 76.2 cm³/mol. The third-order valence-electron chi connectivity index (χ3n) is 4.86. The predicted octanol–water partition coefficient (Wildman–Crippen LogP) is 2.69. The second-order valence-electron chi connectivity index (χ2n) is 6.04. The fourth-order valence-electron chi connectivity index (χ4n) is 3.90. The van der Waals surface area contributed by atoms with Gasteiger partial charge in [-0.05, 0) is 43.7 Å². The van der Waals surface area contributed by atoms with Gasteiger partial charge in [-0.3, -0.25) is 14.7 Å². The number of pyridine rings is 1. The Labute approximate surface area is 119 Å². The van der Waals surface area contributed by atoms with Crippen LogP contribution in [0.2, 0.25) is 0 Å². The summed E-state index contributed by atoms with van der Waals surface area (Å²) in [7, 11) is 0. The maximum absolute atomic E-state index is 11.6. The van der Waals surface area contributed by atoms with Crippen molar-refractivity contribution in [1.82, 2.24) is 9.88 Å². The Morgan fingerprint density at radius 3 is 2.85 bits per heavy atom. The van der Waals surface area contributed by atoms with E-state index in [4.69, 9.17) is 0 Å². The van der Waals surface area contributed by atoms with Gasteiger partial charge in [0.2, 0.25) is 0 Å². The molecule has 20 heavy (non-hydrogen) atoms. The van der Waals surface area contributed by atoms with E-state index in [1.807, 2.05) is 18.2 Å². The number of fused-ring (bicyclic) bond motifs is 1. The van der Waals surface area contributed by atoms with E-state index >= 15 is 0 Å². The van der Waals surface area contributed by atoms with Crippen LogP contribution in [0.25, 0.3) is 0 Å². The molecule has 1 N–H and O–H groups in total. The molecular weight excluding hydrogens is 252 g/mol. The SMILES string of the molecule is O=C(O)C1CCC2CCCCC2N1Cc1ccccn1. The van der Waals surface area contributed by atoms with Gasteiger partial charge >= 0.3 is 5.97 Å². The number of carbonyl (C=O) groups is 1. The zero-order valence-electron chi connectivity index (χ0n) is 11.7. The summed E-state index contributed by atoms with van der Waals surface area (Å²) in [6, 6.07) is 5.96. The molecule has 108 valence electrons. The van der Waals surface area contributed by atoms with Crippen LogP contribution >= 0.6 is 0 Å². The van der Waals surface area contributed by atoms with Crippen molar-refractivity contribution in [3.8, 4) is 0 Å². The molecule has 1 saturated heterocycles. The number of piperidine rings is 1. The highest BCUT2D eigenvalue weighted by Crippen LogP contribution is 2.38. The Morgan fingerprint density at radius 1 is 1.25 bits per heavy atom. The van der Waals surface area contributed by atoms with Gasteiger partial charge in [0.25, 0.3) is 0 Å². The van der Waals surface area contributed by atoms with Crippen LogP contribution in [0.5, 0.6) is 0 Å². The molecule has 1 aliphatic heterocycles. The molecule has 0 bridgehead atoms. The highest BCUT2D eigenvalue weighted by atomic mass is 16.4. The minimum absolute atomic E-state index is 0.337. The molecule has 3 unspecified atom stereocenters. The molecule has 2 fully saturated rings. The van der Waals surface area contributed by atoms with Crippen LogP contribution in [0.1, 0.15) is 44.2 Å². The molecule has 1 aromatic heterocycles. The number of aromatic nitrogens is 1. The first-order valence-electron chi connectivity index (χ1n) is 7.64. The Kier molecular flexibility index (Phi) is 4.01. The molecule has 2 heterocycles. The van der Waals surface area contributed by atoms with E-state index in [1.165, 1.54) is 19.3 Å². The van der Waals surface area contributed by atoms with Gasteiger partial charge < -0.3 is 5.11 Å². The van der Waals surface area contributed by atoms with Crippen LogP contribution in [-0.4, -0.2) is 33.0 Å². The molecule has 0 spiro atoms. The van der Waals surface area contributed by atoms with Gasteiger partial charge in [0.05, 0.1) is 5.69 Å². The van der Waals surface area contributed by atoms with Crippen molar-refractivity contribution < 1.29 is 9.90 Å². The lowest BCUT2D eigenvalue weighted by Crippen LogP contribution is -2.54. The lowest BCUT2D eigenvalue weighted by molar-refractivity contribution is -0.148. The second kappa shape index (κ2) is 5.92. The van der Waals surface area contributed by atoms with E-state index in [-0.39, 0.29) is 6.04 Å². The summed E-state index contributed by atoms with van der Waals surface area (Å²) in [5.41, 5.74) is 0.977. The van der Waals surface area contributed by atoms with Gasteiger partial charge in [0.15, 0.2) is 0 Å². The van der Waals surface area contributed by atoms with Crippen LogP contribution in [0.4, 0.5) is 0 Å². The second-order valence-corrected chi connectivity index (χ2v) is 6.04. The summed E-state index contributed by atoms with van der Waals surface area (Å²) >= 11 is 0. The lowest BCUT2D eigenvalue weighted by Gasteiger charge is -2.47. The standard InChI is InChI=1S/C16H22N2O2/c19-16(20)15-9-8-12-5-1-2-7-14(12)18(15)11-13-6-3-4-10-17-13/h3-4,6,10,12,14-15H,1-2,5,7-9,11H2,(H,19,20). The largest absolute Gasteiger partial charge is 0.480 e. The van der Waals surface area contributed by atoms with Crippen molar-refractivity contribution in [3.05, 3.63) is 30.1 Å². The Balaban J connectivity index is 1.82. The highest BCUT2D eigenvalue weighted by molar-refractivity contribution is 5.73. The van der Waals surface area contributed by atoms with Crippen molar-refractivity contribution in [2.24, 2.45) is 5.92 Å². The van der Waals surface area contributed by atoms with Crippen LogP contribution in [0, 0.1) is 5.92 Å². The van der Waals surface area contributed by atoms with E-state index < -0.39 is 5.97 Å². The minimum Gasteiger partial charge on any atom is -0.480 e. The van der Waals surface area contributed by atoms with E-state index in [9.17, 15) is 9.90 Å². The fourth-order valence-corrected chi connectivity index (χ4v) is 3.90. The van der Waals surface area contributed by atoms with Crippen molar-refractivity contribution in [1.29, 1.82) is 0 Å². The molecule has 0 radical (unpaired) electrons. The molecular formula is C16H22N2O2. The number of likely N-dealkylation sites (tertiary alicyclic amines) is 1. The topological polar surface area (TPSA) is 53.4 Å². The molecule has 0 aromatic carbocycles. The van der Waals surface area contributed by atoms with E-state index in [1.54, 1.807) is 6.20 Å². The van der Waals surface area contributed by atoms with Gasteiger partial charge in [-0.1, -0.05) is 18.9 Å².